The summed E-state index contributed by atoms with van der Waals surface area (Å²) in [5, 5.41) is 7.49. The van der Waals surface area contributed by atoms with E-state index in [1.807, 2.05) is 6.92 Å². The number of carbonyl (C=O) groups is 2. The molecule has 0 aliphatic heterocycles. The maximum Gasteiger partial charge on any atom is 0.257 e. The molecule has 8 heteroatoms. The van der Waals surface area contributed by atoms with E-state index in [1.54, 1.807) is 27.0 Å². The number of likely N-dealkylation sites (N-methyl/N-ethyl adjacent to an activating group) is 1. The number of aromatic nitrogens is 2. The number of nitrogens with zero attached hydrogens (tertiary/aromatic N) is 2. The molecule has 0 saturated carbocycles. The van der Waals surface area contributed by atoms with Crippen molar-refractivity contribution in [3.05, 3.63) is 44.6 Å². The first kappa shape index (κ1) is 19.3. The van der Waals surface area contributed by atoms with E-state index in [2.05, 4.69) is 10.4 Å². The zero-order valence-electron chi connectivity index (χ0n) is 14.4. The summed E-state index contributed by atoms with van der Waals surface area (Å²) in [5.41, 5.74) is 1.94. The zero-order chi connectivity index (χ0) is 18.7. The van der Waals surface area contributed by atoms with Crippen molar-refractivity contribution in [2.24, 2.45) is 7.05 Å². The van der Waals surface area contributed by atoms with Gasteiger partial charge in [0.2, 0.25) is 11.7 Å². The number of aryl methyl sites for hydroxylation is 2. The van der Waals surface area contributed by atoms with Crippen LogP contribution in [0.25, 0.3) is 0 Å². The predicted molar refractivity (Wildman–Crippen MR) is 96.8 cm³/mol. The molecule has 6 nitrogen and oxygen atoms in total. The van der Waals surface area contributed by atoms with Crippen LogP contribution >= 0.6 is 23.2 Å². The van der Waals surface area contributed by atoms with Crippen molar-refractivity contribution >= 4 is 34.9 Å². The number of hydrogen-bond acceptors (Lipinski definition) is 4. The van der Waals surface area contributed by atoms with Crippen LogP contribution < -0.4 is 10.1 Å². The number of carbonyl (C=O) groups excluding carboxylic acids is 2. The number of amides is 1. The molecule has 1 heterocycles. The molecule has 1 aromatic carbocycles. The first-order valence-electron chi connectivity index (χ1n) is 7.69. The first-order valence-corrected chi connectivity index (χ1v) is 8.44. The van der Waals surface area contributed by atoms with Gasteiger partial charge in [0.25, 0.3) is 5.91 Å². The number of ether oxygens (including phenoxy) is 1. The van der Waals surface area contributed by atoms with Crippen LogP contribution in [0.3, 0.4) is 0 Å². The molecule has 1 aromatic heterocycles. The normalized spacial score (nSPS) is 10.6. The molecule has 1 amide bonds. The van der Waals surface area contributed by atoms with Crippen LogP contribution in [0.15, 0.2) is 12.3 Å². The Morgan fingerprint density at radius 2 is 1.92 bits per heavy atom. The molecule has 0 saturated heterocycles. The van der Waals surface area contributed by atoms with Gasteiger partial charge in [0.15, 0.2) is 6.61 Å². The standard InChI is InChI=1S/C17H19Cl2N3O3/c1-5-20-13(23)8-25-17-12(7-21-22(17)4)16(24)11-6-9(2)14(18)10(3)15(11)19/h6-7H,5,8H2,1-4H3,(H,20,23). The molecule has 0 aliphatic carbocycles. The van der Waals surface area contributed by atoms with Gasteiger partial charge in [-0.2, -0.15) is 5.10 Å². The largest absolute Gasteiger partial charge is 0.467 e. The van der Waals surface area contributed by atoms with E-state index >= 15 is 0 Å². The molecule has 2 rings (SSSR count). The topological polar surface area (TPSA) is 73.2 Å². The highest BCUT2D eigenvalue weighted by Gasteiger charge is 2.24. The predicted octanol–water partition coefficient (Wildman–Crippen LogP) is 3.09. The number of rotatable bonds is 6. The highest BCUT2D eigenvalue weighted by molar-refractivity contribution is 6.39. The summed E-state index contributed by atoms with van der Waals surface area (Å²) in [6, 6.07) is 1.64. The van der Waals surface area contributed by atoms with Gasteiger partial charge in [-0.15, -0.1) is 0 Å². The molecule has 0 unspecified atom stereocenters. The molecule has 0 atom stereocenters. The van der Waals surface area contributed by atoms with Crippen LogP contribution in [-0.2, 0) is 11.8 Å². The molecule has 0 fully saturated rings. The van der Waals surface area contributed by atoms with Crippen molar-refractivity contribution in [1.82, 2.24) is 15.1 Å². The Kier molecular flexibility index (Phi) is 6.08. The summed E-state index contributed by atoms with van der Waals surface area (Å²) in [4.78, 5) is 24.5. The average Bonchev–Trinajstić information content (AvgIpc) is 2.94. The first-order chi connectivity index (χ1) is 11.8. The summed E-state index contributed by atoms with van der Waals surface area (Å²) < 4.78 is 6.89. The lowest BCUT2D eigenvalue weighted by molar-refractivity contribution is -0.123. The van der Waals surface area contributed by atoms with E-state index in [-0.39, 0.29) is 29.7 Å². The van der Waals surface area contributed by atoms with Crippen molar-refractivity contribution in [3.8, 4) is 5.88 Å². The fourth-order valence-corrected chi connectivity index (χ4v) is 2.82. The van der Waals surface area contributed by atoms with E-state index in [1.165, 1.54) is 10.9 Å². The summed E-state index contributed by atoms with van der Waals surface area (Å²) in [6.07, 6.45) is 1.39. The highest BCUT2D eigenvalue weighted by atomic mass is 35.5. The summed E-state index contributed by atoms with van der Waals surface area (Å²) in [7, 11) is 1.63. The fraction of sp³-hybridized carbons (Fsp3) is 0.353. The monoisotopic (exact) mass is 383 g/mol. The van der Waals surface area contributed by atoms with Crippen molar-refractivity contribution in [2.45, 2.75) is 20.8 Å². The minimum Gasteiger partial charge on any atom is -0.467 e. The van der Waals surface area contributed by atoms with E-state index in [9.17, 15) is 9.59 Å². The molecule has 0 aliphatic rings. The van der Waals surface area contributed by atoms with Gasteiger partial charge in [0.05, 0.1) is 11.2 Å². The molecule has 2 aromatic rings. The zero-order valence-corrected chi connectivity index (χ0v) is 16.0. The Morgan fingerprint density at radius 1 is 1.24 bits per heavy atom. The SMILES string of the molecule is CCNC(=O)COc1c(C(=O)c2cc(C)c(Cl)c(C)c2Cl)cnn1C. The van der Waals surface area contributed by atoms with Gasteiger partial charge in [-0.25, -0.2) is 4.68 Å². The van der Waals surface area contributed by atoms with Crippen molar-refractivity contribution in [1.29, 1.82) is 0 Å². The minimum atomic E-state index is -0.341. The fourth-order valence-electron chi connectivity index (χ4n) is 2.38. The van der Waals surface area contributed by atoms with Gasteiger partial charge in [-0.05, 0) is 38.0 Å². The molecule has 0 radical (unpaired) electrons. The molecule has 25 heavy (non-hydrogen) atoms. The molecular formula is C17H19Cl2N3O3. The second-order valence-electron chi connectivity index (χ2n) is 5.55. The van der Waals surface area contributed by atoms with Gasteiger partial charge in [-0.3, -0.25) is 9.59 Å². The third-order valence-corrected chi connectivity index (χ3v) is 4.76. The van der Waals surface area contributed by atoms with Gasteiger partial charge < -0.3 is 10.1 Å². The average molecular weight is 384 g/mol. The van der Waals surface area contributed by atoms with Crippen LogP contribution in [0.4, 0.5) is 0 Å². The number of halogens is 2. The summed E-state index contributed by atoms with van der Waals surface area (Å²) in [6.45, 7) is 5.66. The van der Waals surface area contributed by atoms with Crippen molar-refractivity contribution < 1.29 is 14.3 Å². The lowest BCUT2D eigenvalue weighted by Gasteiger charge is -2.12. The maximum absolute atomic E-state index is 12.9. The Balaban J connectivity index is 2.37. The van der Waals surface area contributed by atoms with E-state index in [4.69, 9.17) is 27.9 Å². The Labute approximate surface area is 156 Å². The Morgan fingerprint density at radius 3 is 2.56 bits per heavy atom. The Bertz CT molecular complexity index is 831. The van der Waals surface area contributed by atoms with Gasteiger partial charge in [0.1, 0.15) is 5.56 Å². The van der Waals surface area contributed by atoms with E-state index < -0.39 is 0 Å². The van der Waals surface area contributed by atoms with Crippen LogP contribution in [0, 0.1) is 13.8 Å². The lowest BCUT2D eigenvalue weighted by Crippen LogP contribution is -2.29. The minimum absolute atomic E-state index is 0.206. The van der Waals surface area contributed by atoms with Crippen LogP contribution in [0.5, 0.6) is 5.88 Å². The number of hydrogen-bond donors (Lipinski definition) is 1. The van der Waals surface area contributed by atoms with Crippen LogP contribution in [0.1, 0.15) is 34.0 Å². The smallest absolute Gasteiger partial charge is 0.257 e. The molecule has 0 bridgehead atoms. The Hall–Kier alpha value is -2.05. The van der Waals surface area contributed by atoms with Crippen molar-refractivity contribution in [3.63, 3.8) is 0 Å². The second-order valence-corrected chi connectivity index (χ2v) is 6.31. The van der Waals surface area contributed by atoms with Crippen LogP contribution in [0.2, 0.25) is 10.0 Å². The molecular weight excluding hydrogens is 365 g/mol. The van der Waals surface area contributed by atoms with E-state index in [0.29, 0.717) is 27.7 Å². The molecule has 134 valence electrons. The molecule has 0 spiro atoms. The summed E-state index contributed by atoms with van der Waals surface area (Å²) >= 11 is 12.5. The number of benzene rings is 1. The van der Waals surface area contributed by atoms with Crippen LogP contribution in [-0.4, -0.2) is 34.6 Å². The van der Waals surface area contributed by atoms with Gasteiger partial charge in [-0.1, -0.05) is 23.2 Å². The lowest BCUT2D eigenvalue weighted by atomic mass is 10.0. The van der Waals surface area contributed by atoms with Crippen molar-refractivity contribution in [2.75, 3.05) is 13.2 Å². The second kappa shape index (κ2) is 7.89. The number of nitrogens with one attached hydrogen (secondary N) is 1. The maximum atomic E-state index is 12.9. The number of ketones is 1. The summed E-state index contributed by atoms with van der Waals surface area (Å²) in [5.74, 6) is -0.414. The highest BCUT2D eigenvalue weighted by Crippen LogP contribution is 2.33. The third-order valence-electron chi connectivity index (χ3n) is 3.69. The van der Waals surface area contributed by atoms with E-state index in [0.717, 1.165) is 5.56 Å². The van der Waals surface area contributed by atoms with Gasteiger partial charge in [0, 0.05) is 24.2 Å². The molecule has 1 N–H and O–H groups in total. The third kappa shape index (κ3) is 3.96. The quantitative estimate of drug-likeness (QED) is 0.777. The van der Waals surface area contributed by atoms with Gasteiger partial charge >= 0.3 is 0 Å².